The van der Waals surface area contributed by atoms with E-state index in [4.69, 9.17) is 10.8 Å². The molecule has 5 nitrogen and oxygen atoms in total. The second-order valence-corrected chi connectivity index (χ2v) is 3.68. The van der Waals surface area contributed by atoms with Gasteiger partial charge in [0.05, 0.1) is 6.04 Å². The van der Waals surface area contributed by atoms with Gasteiger partial charge in [0, 0.05) is 13.0 Å². The van der Waals surface area contributed by atoms with Crippen LogP contribution in [0.25, 0.3) is 0 Å². The molecular formula is C9H18N2O3. The van der Waals surface area contributed by atoms with Gasteiger partial charge < -0.3 is 16.2 Å². The molecule has 0 aromatic heterocycles. The van der Waals surface area contributed by atoms with Gasteiger partial charge in [0.2, 0.25) is 5.91 Å². The molecule has 1 amide bonds. The van der Waals surface area contributed by atoms with Crippen LogP contribution < -0.4 is 11.1 Å². The molecule has 1 atom stereocenters. The largest absolute Gasteiger partial charge is 0.481 e. The van der Waals surface area contributed by atoms with Gasteiger partial charge in [-0.25, -0.2) is 0 Å². The molecule has 0 aliphatic heterocycles. The topological polar surface area (TPSA) is 92.4 Å². The molecule has 82 valence electrons. The Kier molecular flexibility index (Phi) is 5.87. The standard InChI is InChI=1S/C9H18N2O3/c1-6(2)5-11-9(14)7(10)3-4-8(12)13/h6-7H,3-5,10H2,1-2H3,(H,11,14)(H,12,13). The molecule has 4 N–H and O–H groups in total. The highest BCUT2D eigenvalue weighted by Crippen LogP contribution is 1.95. The highest BCUT2D eigenvalue weighted by Gasteiger charge is 2.14. The van der Waals surface area contributed by atoms with E-state index in [1.807, 2.05) is 13.8 Å². The van der Waals surface area contributed by atoms with Crippen LogP contribution in [-0.4, -0.2) is 29.6 Å². The van der Waals surface area contributed by atoms with E-state index in [1.54, 1.807) is 0 Å². The minimum absolute atomic E-state index is 0.0731. The van der Waals surface area contributed by atoms with Crippen molar-refractivity contribution in [1.82, 2.24) is 5.32 Å². The van der Waals surface area contributed by atoms with Crippen LogP contribution in [0.1, 0.15) is 26.7 Å². The lowest BCUT2D eigenvalue weighted by Crippen LogP contribution is -2.42. The lowest BCUT2D eigenvalue weighted by molar-refractivity contribution is -0.137. The first-order valence-electron chi connectivity index (χ1n) is 4.68. The van der Waals surface area contributed by atoms with Gasteiger partial charge in [-0.15, -0.1) is 0 Å². The summed E-state index contributed by atoms with van der Waals surface area (Å²) in [5.74, 6) is -0.845. The molecular weight excluding hydrogens is 184 g/mol. The maximum absolute atomic E-state index is 11.2. The summed E-state index contributed by atoms with van der Waals surface area (Å²) in [6.07, 6.45) is 0.107. The lowest BCUT2D eigenvalue weighted by atomic mass is 10.1. The SMILES string of the molecule is CC(C)CNC(=O)C(N)CCC(=O)O. The van der Waals surface area contributed by atoms with Crippen molar-refractivity contribution in [2.24, 2.45) is 11.7 Å². The fourth-order valence-corrected chi connectivity index (χ4v) is 0.846. The molecule has 0 heterocycles. The number of carbonyl (C=O) groups is 2. The molecule has 0 aromatic rings. The van der Waals surface area contributed by atoms with Crippen LogP contribution in [0.15, 0.2) is 0 Å². The summed E-state index contributed by atoms with van der Waals surface area (Å²) in [7, 11) is 0. The third kappa shape index (κ3) is 6.42. The van der Waals surface area contributed by atoms with Crippen molar-refractivity contribution >= 4 is 11.9 Å². The summed E-state index contributed by atoms with van der Waals surface area (Å²) < 4.78 is 0. The second kappa shape index (κ2) is 6.37. The van der Waals surface area contributed by atoms with Gasteiger partial charge in [-0.1, -0.05) is 13.8 Å². The van der Waals surface area contributed by atoms with Crippen molar-refractivity contribution in [3.8, 4) is 0 Å². The zero-order valence-electron chi connectivity index (χ0n) is 8.62. The molecule has 0 saturated heterocycles. The summed E-state index contributed by atoms with van der Waals surface area (Å²) >= 11 is 0. The summed E-state index contributed by atoms with van der Waals surface area (Å²) in [4.78, 5) is 21.4. The number of hydrogen-bond acceptors (Lipinski definition) is 3. The summed E-state index contributed by atoms with van der Waals surface area (Å²) in [5, 5.41) is 11.0. The Labute approximate surface area is 83.7 Å². The van der Waals surface area contributed by atoms with Gasteiger partial charge in [0.1, 0.15) is 0 Å². The molecule has 1 unspecified atom stereocenters. The third-order valence-electron chi connectivity index (χ3n) is 1.69. The minimum atomic E-state index is -0.933. The number of carboxylic acids is 1. The van der Waals surface area contributed by atoms with E-state index in [2.05, 4.69) is 5.32 Å². The maximum Gasteiger partial charge on any atom is 0.303 e. The van der Waals surface area contributed by atoms with E-state index in [0.717, 1.165) is 0 Å². The smallest absolute Gasteiger partial charge is 0.303 e. The molecule has 0 rings (SSSR count). The zero-order chi connectivity index (χ0) is 11.1. The number of carbonyl (C=O) groups excluding carboxylic acids is 1. The number of nitrogens with two attached hydrogens (primary N) is 1. The highest BCUT2D eigenvalue weighted by atomic mass is 16.4. The molecule has 0 aliphatic carbocycles. The van der Waals surface area contributed by atoms with Crippen molar-refractivity contribution < 1.29 is 14.7 Å². The predicted octanol–water partition coefficient (Wildman–Crippen LogP) is -0.0493. The van der Waals surface area contributed by atoms with Crippen molar-refractivity contribution in [2.75, 3.05) is 6.54 Å². The predicted molar refractivity (Wildman–Crippen MR) is 52.7 cm³/mol. The number of aliphatic carboxylic acids is 1. The molecule has 0 fully saturated rings. The van der Waals surface area contributed by atoms with Crippen LogP contribution in [0.5, 0.6) is 0 Å². The molecule has 0 radical (unpaired) electrons. The number of nitrogens with one attached hydrogen (secondary N) is 1. The molecule has 0 aliphatic rings. The van der Waals surface area contributed by atoms with Crippen molar-refractivity contribution in [2.45, 2.75) is 32.7 Å². The van der Waals surface area contributed by atoms with Crippen molar-refractivity contribution in [3.63, 3.8) is 0 Å². The van der Waals surface area contributed by atoms with Crippen LogP contribution in [0, 0.1) is 5.92 Å². The Morgan fingerprint density at radius 2 is 2.00 bits per heavy atom. The Morgan fingerprint density at radius 3 is 2.43 bits per heavy atom. The Morgan fingerprint density at radius 1 is 1.43 bits per heavy atom. The van der Waals surface area contributed by atoms with E-state index >= 15 is 0 Å². The monoisotopic (exact) mass is 202 g/mol. The Balaban J connectivity index is 3.70. The van der Waals surface area contributed by atoms with E-state index in [-0.39, 0.29) is 18.7 Å². The zero-order valence-corrected chi connectivity index (χ0v) is 8.62. The molecule has 0 aromatic carbocycles. The fraction of sp³-hybridized carbons (Fsp3) is 0.778. The third-order valence-corrected chi connectivity index (χ3v) is 1.69. The van der Waals surface area contributed by atoms with Gasteiger partial charge >= 0.3 is 5.97 Å². The van der Waals surface area contributed by atoms with E-state index in [9.17, 15) is 9.59 Å². The minimum Gasteiger partial charge on any atom is -0.481 e. The van der Waals surface area contributed by atoms with Crippen molar-refractivity contribution in [3.05, 3.63) is 0 Å². The number of amides is 1. The van der Waals surface area contributed by atoms with Crippen LogP contribution in [-0.2, 0) is 9.59 Å². The molecule has 0 saturated carbocycles. The van der Waals surface area contributed by atoms with Gasteiger partial charge in [-0.2, -0.15) is 0 Å². The van der Waals surface area contributed by atoms with E-state index in [0.29, 0.717) is 12.5 Å². The van der Waals surface area contributed by atoms with E-state index < -0.39 is 12.0 Å². The Bertz CT molecular complexity index is 204. The van der Waals surface area contributed by atoms with E-state index in [1.165, 1.54) is 0 Å². The highest BCUT2D eigenvalue weighted by molar-refractivity contribution is 5.82. The summed E-state index contributed by atoms with van der Waals surface area (Å²) in [5.41, 5.74) is 5.48. The number of hydrogen-bond donors (Lipinski definition) is 3. The average Bonchev–Trinajstić information content (AvgIpc) is 2.09. The van der Waals surface area contributed by atoms with Crippen LogP contribution in [0.2, 0.25) is 0 Å². The quantitative estimate of drug-likeness (QED) is 0.563. The normalized spacial score (nSPS) is 12.6. The molecule has 0 bridgehead atoms. The maximum atomic E-state index is 11.2. The number of carboxylic acid groups (broad SMARTS) is 1. The molecule has 14 heavy (non-hydrogen) atoms. The van der Waals surface area contributed by atoms with Crippen molar-refractivity contribution in [1.29, 1.82) is 0 Å². The number of rotatable bonds is 6. The first-order chi connectivity index (χ1) is 6.43. The summed E-state index contributed by atoms with van der Waals surface area (Å²) in [6, 6.07) is -0.718. The van der Waals surface area contributed by atoms with Gasteiger partial charge in [0.15, 0.2) is 0 Å². The van der Waals surface area contributed by atoms with Crippen LogP contribution >= 0.6 is 0 Å². The van der Waals surface area contributed by atoms with Crippen LogP contribution in [0.4, 0.5) is 0 Å². The second-order valence-electron chi connectivity index (χ2n) is 3.68. The average molecular weight is 202 g/mol. The van der Waals surface area contributed by atoms with Gasteiger partial charge in [-0.3, -0.25) is 9.59 Å². The first kappa shape index (κ1) is 12.9. The summed E-state index contributed by atoms with van der Waals surface area (Å²) in [6.45, 7) is 4.52. The van der Waals surface area contributed by atoms with Gasteiger partial charge in [0.25, 0.3) is 0 Å². The fourth-order valence-electron chi connectivity index (χ4n) is 0.846. The van der Waals surface area contributed by atoms with Gasteiger partial charge in [-0.05, 0) is 12.3 Å². The first-order valence-corrected chi connectivity index (χ1v) is 4.68. The lowest BCUT2D eigenvalue weighted by Gasteiger charge is -2.12. The Hall–Kier alpha value is -1.10. The van der Waals surface area contributed by atoms with Crippen LogP contribution in [0.3, 0.4) is 0 Å². The molecule has 0 spiro atoms. The molecule has 5 heteroatoms.